The van der Waals surface area contributed by atoms with E-state index in [2.05, 4.69) is 13.8 Å². The Morgan fingerprint density at radius 2 is 1.53 bits per heavy atom. The van der Waals surface area contributed by atoms with Crippen molar-refractivity contribution < 1.29 is 29.0 Å². The molecule has 0 aromatic heterocycles. The smallest absolute Gasteiger partial charge is 0.308 e. The van der Waals surface area contributed by atoms with Crippen LogP contribution in [0.1, 0.15) is 54.4 Å². The van der Waals surface area contributed by atoms with Crippen molar-refractivity contribution in [2.45, 2.75) is 66.0 Å². The van der Waals surface area contributed by atoms with Crippen molar-refractivity contribution in [1.82, 2.24) is 4.90 Å². The average Bonchev–Trinajstić information content (AvgIpc) is 3.06. The number of rotatable bonds is 8. The number of nitrogens with zero attached hydrogens (tertiary/aromatic N) is 1. The maximum atomic E-state index is 12.0. The van der Waals surface area contributed by atoms with E-state index in [1.807, 2.05) is 19.9 Å². The van der Waals surface area contributed by atoms with Gasteiger partial charge in [0.2, 0.25) is 0 Å². The minimum Gasteiger partial charge on any atom is -0.491 e. The first-order chi connectivity index (χ1) is 14.2. The Labute approximate surface area is 179 Å². The van der Waals surface area contributed by atoms with Crippen LogP contribution in [0.15, 0.2) is 42.5 Å². The molecule has 1 unspecified atom stereocenters. The lowest BCUT2D eigenvalue weighted by Crippen LogP contribution is -2.49. The van der Waals surface area contributed by atoms with Crippen molar-refractivity contribution in [1.29, 1.82) is 0 Å². The molecule has 1 N–H and O–H groups in total. The lowest BCUT2D eigenvalue weighted by atomic mass is 9.98. The summed E-state index contributed by atoms with van der Waals surface area (Å²) in [6.45, 7) is 11.2. The molecule has 1 aliphatic heterocycles. The van der Waals surface area contributed by atoms with Gasteiger partial charge in [-0.2, -0.15) is 0 Å². The van der Waals surface area contributed by atoms with Crippen LogP contribution in [-0.4, -0.2) is 52.6 Å². The molecule has 1 aromatic rings. The highest BCUT2D eigenvalue weighted by Gasteiger charge is 2.39. The standard InChI is InChI=1S/C18H21NO6.C3H8.C2H6/c1-18(2,19-15(21)8-9-16(19)22)10-17(23)25-12-13(20)11-24-14-6-4-3-5-7-14;1-3-2;1-2/h3-9,13,20H,10-12H2,1-2H3;3H2,1-2H3;1-2H3. The molecule has 168 valence electrons. The van der Waals surface area contributed by atoms with Gasteiger partial charge in [0.05, 0.1) is 12.0 Å². The number of aliphatic hydroxyl groups excluding tert-OH is 1. The molecule has 7 nitrogen and oxygen atoms in total. The zero-order chi connectivity index (χ0) is 23.2. The number of aliphatic hydroxyl groups is 1. The van der Waals surface area contributed by atoms with E-state index in [4.69, 9.17) is 9.47 Å². The molecule has 30 heavy (non-hydrogen) atoms. The molecule has 0 fully saturated rings. The summed E-state index contributed by atoms with van der Waals surface area (Å²) in [6.07, 6.45) is 2.43. The van der Waals surface area contributed by atoms with E-state index in [-0.39, 0.29) is 19.6 Å². The summed E-state index contributed by atoms with van der Waals surface area (Å²) in [5.74, 6) is -0.929. The number of hydrogen-bond acceptors (Lipinski definition) is 6. The number of hydrogen-bond donors (Lipinski definition) is 1. The maximum Gasteiger partial charge on any atom is 0.308 e. The van der Waals surface area contributed by atoms with Crippen molar-refractivity contribution in [3.05, 3.63) is 42.5 Å². The van der Waals surface area contributed by atoms with E-state index in [1.54, 1.807) is 38.1 Å². The van der Waals surface area contributed by atoms with Crippen molar-refractivity contribution in [2.75, 3.05) is 13.2 Å². The lowest BCUT2D eigenvalue weighted by molar-refractivity contribution is -0.153. The molecule has 0 saturated heterocycles. The number of amides is 2. The number of carbonyl (C=O) groups excluding carboxylic acids is 3. The van der Waals surface area contributed by atoms with E-state index in [9.17, 15) is 19.5 Å². The van der Waals surface area contributed by atoms with Gasteiger partial charge in [0.25, 0.3) is 11.8 Å². The van der Waals surface area contributed by atoms with Gasteiger partial charge in [0.15, 0.2) is 0 Å². The zero-order valence-electron chi connectivity index (χ0n) is 18.9. The molecule has 1 aliphatic rings. The third-order valence-electron chi connectivity index (χ3n) is 3.61. The summed E-state index contributed by atoms with van der Waals surface area (Å²) >= 11 is 0. The minimum atomic E-state index is -1.01. The molecule has 0 spiro atoms. The second kappa shape index (κ2) is 14.3. The van der Waals surface area contributed by atoms with Crippen molar-refractivity contribution >= 4 is 17.8 Å². The van der Waals surface area contributed by atoms with Crippen LogP contribution in [0, 0.1) is 0 Å². The fraction of sp³-hybridized carbons (Fsp3) is 0.522. The van der Waals surface area contributed by atoms with Gasteiger partial charge in [-0.05, 0) is 26.0 Å². The number of para-hydroxylation sites is 1. The van der Waals surface area contributed by atoms with E-state index < -0.39 is 29.4 Å². The Hall–Kier alpha value is -2.67. The first-order valence-electron chi connectivity index (χ1n) is 10.3. The van der Waals surface area contributed by atoms with Crippen LogP contribution in [0.2, 0.25) is 0 Å². The van der Waals surface area contributed by atoms with Crippen LogP contribution in [-0.2, 0) is 19.1 Å². The molecule has 0 radical (unpaired) electrons. The van der Waals surface area contributed by atoms with Gasteiger partial charge in [-0.25, -0.2) is 0 Å². The summed E-state index contributed by atoms with van der Waals surface area (Å²) in [4.78, 5) is 36.4. The molecule has 0 aliphatic carbocycles. The fourth-order valence-electron chi connectivity index (χ4n) is 2.43. The van der Waals surface area contributed by atoms with Gasteiger partial charge < -0.3 is 14.6 Å². The van der Waals surface area contributed by atoms with Crippen LogP contribution >= 0.6 is 0 Å². The molecule has 0 bridgehead atoms. The quantitative estimate of drug-likeness (QED) is 0.510. The number of ether oxygens (including phenoxy) is 2. The van der Waals surface area contributed by atoms with E-state index >= 15 is 0 Å². The number of benzene rings is 1. The summed E-state index contributed by atoms with van der Waals surface area (Å²) in [5, 5.41) is 9.82. The first kappa shape index (κ1) is 27.3. The third-order valence-corrected chi connectivity index (χ3v) is 3.61. The van der Waals surface area contributed by atoms with Gasteiger partial charge in [-0.1, -0.05) is 52.3 Å². The zero-order valence-corrected chi connectivity index (χ0v) is 18.9. The topological polar surface area (TPSA) is 93.1 Å². The Morgan fingerprint density at radius 3 is 2.03 bits per heavy atom. The van der Waals surface area contributed by atoms with Crippen LogP contribution in [0.5, 0.6) is 5.75 Å². The third kappa shape index (κ3) is 9.69. The number of esters is 1. The van der Waals surface area contributed by atoms with E-state index in [0.717, 1.165) is 4.90 Å². The fourth-order valence-corrected chi connectivity index (χ4v) is 2.43. The molecule has 2 rings (SSSR count). The Kier molecular flexibility index (Phi) is 13.1. The summed E-state index contributed by atoms with van der Waals surface area (Å²) in [7, 11) is 0. The van der Waals surface area contributed by atoms with E-state index in [1.165, 1.54) is 18.6 Å². The SMILES string of the molecule is CC.CC(C)(CC(=O)OCC(O)COc1ccccc1)N1C(=O)C=CC1=O.CCC. The maximum absolute atomic E-state index is 12.0. The molecule has 1 atom stereocenters. The molecule has 1 heterocycles. The molecule has 2 amide bonds. The van der Waals surface area contributed by atoms with Crippen LogP contribution in [0.3, 0.4) is 0 Å². The van der Waals surface area contributed by atoms with Gasteiger partial charge in [0.1, 0.15) is 25.1 Å². The molecular formula is C23H35NO6. The van der Waals surface area contributed by atoms with Gasteiger partial charge in [0, 0.05) is 12.2 Å². The van der Waals surface area contributed by atoms with Crippen molar-refractivity contribution in [3.8, 4) is 5.75 Å². The number of carbonyl (C=O) groups is 3. The normalized spacial score (nSPS) is 13.6. The molecule has 7 heteroatoms. The predicted octanol–water partition coefficient (Wildman–Crippen LogP) is 3.51. The second-order valence-electron chi connectivity index (χ2n) is 7.00. The largest absolute Gasteiger partial charge is 0.491 e. The Morgan fingerprint density at radius 1 is 1.03 bits per heavy atom. The van der Waals surface area contributed by atoms with E-state index in [0.29, 0.717) is 5.75 Å². The molecular weight excluding hydrogens is 386 g/mol. The Bertz CT molecular complexity index is 666. The highest BCUT2D eigenvalue weighted by molar-refractivity contribution is 6.13. The molecule has 1 aromatic carbocycles. The highest BCUT2D eigenvalue weighted by Crippen LogP contribution is 2.23. The van der Waals surface area contributed by atoms with Crippen molar-refractivity contribution in [3.63, 3.8) is 0 Å². The summed E-state index contributed by atoms with van der Waals surface area (Å²) in [5.41, 5.74) is -1.01. The monoisotopic (exact) mass is 421 g/mol. The van der Waals surface area contributed by atoms with Crippen LogP contribution in [0.25, 0.3) is 0 Å². The second-order valence-corrected chi connectivity index (χ2v) is 7.00. The highest BCUT2D eigenvalue weighted by atomic mass is 16.5. The Balaban J connectivity index is 0.00000154. The summed E-state index contributed by atoms with van der Waals surface area (Å²) < 4.78 is 10.4. The van der Waals surface area contributed by atoms with Gasteiger partial charge in [-0.3, -0.25) is 19.3 Å². The first-order valence-corrected chi connectivity index (χ1v) is 10.3. The number of imide groups is 1. The van der Waals surface area contributed by atoms with Gasteiger partial charge >= 0.3 is 5.97 Å². The predicted molar refractivity (Wildman–Crippen MR) is 116 cm³/mol. The summed E-state index contributed by atoms with van der Waals surface area (Å²) in [6, 6.07) is 8.95. The average molecular weight is 422 g/mol. The minimum absolute atomic E-state index is 0.0201. The molecule has 0 saturated carbocycles. The van der Waals surface area contributed by atoms with Crippen LogP contribution < -0.4 is 4.74 Å². The van der Waals surface area contributed by atoms with Crippen LogP contribution in [0.4, 0.5) is 0 Å². The lowest BCUT2D eigenvalue weighted by Gasteiger charge is -2.32. The van der Waals surface area contributed by atoms with Gasteiger partial charge in [-0.15, -0.1) is 0 Å². The van der Waals surface area contributed by atoms with Crippen molar-refractivity contribution in [2.24, 2.45) is 0 Å².